The van der Waals surface area contributed by atoms with Gasteiger partial charge in [-0.25, -0.2) is 15.0 Å². The highest BCUT2D eigenvalue weighted by atomic mass is 16.5. The Hall–Kier alpha value is -2.52. The zero-order chi connectivity index (χ0) is 20.3. The van der Waals surface area contributed by atoms with Gasteiger partial charge in [-0.1, -0.05) is 20.3 Å². The molecule has 1 saturated heterocycles. The molecule has 0 aromatic carbocycles. The molecule has 0 amide bonds. The van der Waals surface area contributed by atoms with E-state index in [-0.39, 0.29) is 17.3 Å². The molecule has 3 rings (SSSR count). The van der Waals surface area contributed by atoms with E-state index >= 15 is 0 Å². The Morgan fingerprint density at radius 2 is 2.00 bits per heavy atom. The van der Waals surface area contributed by atoms with Crippen LogP contribution in [-0.2, 0) is 17.6 Å². The highest BCUT2D eigenvalue weighted by molar-refractivity contribution is 5.78. The minimum atomic E-state index is -0.192. The van der Waals surface area contributed by atoms with Crippen molar-refractivity contribution in [3.63, 3.8) is 0 Å². The van der Waals surface area contributed by atoms with Gasteiger partial charge in [0.15, 0.2) is 0 Å². The molecular weight excluding hydrogens is 350 g/mol. The molecule has 1 aliphatic rings. The van der Waals surface area contributed by atoms with Gasteiger partial charge in [-0.05, 0) is 38.7 Å². The Labute approximate surface area is 167 Å². The van der Waals surface area contributed by atoms with Gasteiger partial charge in [-0.15, -0.1) is 0 Å². The standard InChI is InChI=1S/C22H29N5O/c1-5-7-16-19(15-12-25-18(6-2)26-13-15)17(11-23)21(24)27-20(16)14-8-9-28-22(3,4)10-14/h12-14H,5-10H2,1-4H3,(H2,24,27)/t14-/m1/s1. The number of hydrogen-bond acceptors (Lipinski definition) is 6. The van der Waals surface area contributed by atoms with Crippen molar-refractivity contribution in [3.05, 3.63) is 35.0 Å². The maximum atomic E-state index is 9.81. The van der Waals surface area contributed by atoms with Crippen molar-refractivity contribution in [2.24, 2.45) is 0 Å². The highest BCUT2D eigenvalue weighted by Crippen LogP contribution is 2.41. The van der Waals surface area contributed by atoms with Crippen molar-refractivity contribution in [2.75, 3.05) is 12.3 Å². The lowest BCUT2D eigenvalue weighted by molar-refractivity contribution is -0.0598. The molecule has 0 radical (unpaired) electrons. The third kappa shape index (κ3) is 4.00. The Kier molecular flexibility index (Phi) is 5.95. The lowest BCUT2D eigenvalue weighted by Crippen LogP contribution is -2.33. The number of aromatic nitrogens is 3. The number of nitrogen functional groups attached to an aromatic ring is 1. The van der Waals surface area contributed by atoms with Gasteiger partial charge in [0.2, 0.25) is 0 Å². The van der Waals surface area contributed by atoms with Crippen LogP contribution in [0.2, 0.25) is 0 Å². The number of aryl methyl sites for hydroxylation is 1. The maximum absolute atomic E-state index is 9.81. The van der Waals surface area contributed by atoms with Crippen LogP contribution < -0.4 is 5.73 Å². The molecular formula is C22H29N5O. The molecule has 6 heteroatoms. The summed E-state index contributed by atoms with van der Waals surface area (Å²) in [6.07, 6.45) is 7.96. The quantitative estimate of drug-likeness (QED) is 0.837. The third-order valence-corrected chi connectivity index (χ3v) is 5.36. The Balaban J connectivity index is 2.21. The number of ether oxygens (including phenoxy) is 1. The number of pyridine rings is 1. The fourth-order valence-electron chi connectivity index (χ4n) is 4.06. The molecule has 6 nitrogen and oxygen atoms in total. The Morgan fingerprint density at radius 3 is 2.57 bits per heavy atom. The van der Waals surface area contributed by atoms with Gasteiger partial charge >= 0.3 is 0 Å². The molecule has 1 aliphatic heterocycles. The van der Waals surface area contributed by atoms with Crippen molar-refractivity contribution in [2.45, 2.75) is 71.3 Å². The van der Waals surface area contributed by atoms with Gasteiger partial charge in [0, 0.05) is 48.2 Å². The Morgan fingerprint density at radius 1 is 1.29 bits per heavy atom. The van der Waals surface area contributed by atoms with Crippen LogP contribution in [0.5, 0.6) is 0 Å². The van der Waals surface area contributed by atoms with Crippen LogP contribution in [0.1, 0.15) is 75.5 Å². The second-order valence-electron chi connectivity index (χ2n) is 8.01. The monoisotopic (exact) mass is 379 g/mol. The first kappa shape index (κ1) is 20.2. The first-order chi connectivity index (χ1) is 13.4. The predicted octanol–water partition coefficient (Wildman–Crippen LogP) is 4.18. The zero-order valence-electron chi connectivity index (χ0n) is 17.2. The van der Waals surface area contributed by atoms with Crippen LogP contribution in [0.4, 0.5) is 5.82 Å². The third-order valence-electron chi connectivity index (χ3n) is 5.36. The van der Waals surface area contributed by atoms with Crippen molar-refractivity contribution in [3.8, 4) is 17.2 Å². The Bertz CT molecular complexity index is 883. The van der Waals surface area contributed by atoms with Gasteiger partial charge < -0.3 is 10.5 Å². The molecule has 2 N–H and O–H groups in total. The second-order valence-corrected chi connectivity index (χ2v) is 8.01. The molecule has 0 aliphatic carbocycles. The lowest BCUT2D eigenvalue weighted by atomic mass is 9.81. The van der Waals surface area contributed by atoms with Crippen LogP contribution in [0.15, 0.2) is 12.4 Å². The summed E-state index contributed by atoms with van der Waals surface area (Å²) in [6.45, 7) is 9.09. The molecule has 0 unspecified atom stereocenters. The molecule has 0 spiro atoms. The van der Waals surface area contributed by atoms with Crippen LogP contribution in [0.25, 0.3) is 11.1 Å². The summed E-state index contributed by atoms with van der Waals surface area (Å²) < 4.78 is 5.90. The van der Waals surface area contributed by atoms with Gasteiger partial charge in [0.1, 0.15) is 23.3 Å². The smallest absolute Gasteiger partial charge is 0.142 e. The van der Waals surface area contributed by atoms with E-state index in [2.05, 4.69) is 36.8 Å². The van der Waals surface area contributed by atoms with Crippen LogP contribution in [0, 0.1) is 11.3 Å². The number of nitrogens with zero attached hydrogens (tertiary/aromatic N) is 4. The van der Waals surface area contributed by atoms with Crippen LogP contribution in [0.3, 0.4) is 0 Å². The predicted molar refractivity (Wildman–Crippen MR) is 110 cm³/mol. The van der Waals surface area contributed by atoms with Crippen molar-refractivity contribution >= 4 is 5.82 Å². The van der Waals surface area contributed by atoms with Crippen LogP contribution >= 0.6 is 0 Å². The summed E-state index contributed by atoms with van der Waals surface area (Å²) in [5.74, 6) is 1.33. The average molecular weight is 380 g/mol. The van der Waals surface area contributed by atoms with E-state index in [1.54, 1.807) is 12.4 Å². The lowest BCUT2D eigenvalue weighted by Gasteiger charge is -2.36. The molecule has 28 heavy (non-hydrogen) atoms. The molecule has 1 fully saturated rings. The minimum Gasteiger partial charge on any atom is -0.383 e. The maximum Gasteiger partial charge on any atom is 0.142 e. The normalized spacial score (nSPS) is 18.6. The number of anilines is 1. The van der Waals surface area contributed by atoms with Crippen molar-refractivity contribution in [1.82, 2.24) is 15.0 Å². The van der Waals surface area contributed by atoms with E-state index in [9.17, 15) is 5.26 Å². The van der Waals surface area contributed by atoms with Gasteiger partial charge in [-0.2, -0.15) is 5.26 Å². The molecule has 1 atom stereocenters. The molecule has 2 aromatic rings. The topological polar surface area (TPSA) is 97.7 Å². The summed E-state index contributed by atoms with van der Waals surface area (Å²) in [7, 11) is 0. The first-order valence-corrected chi connectivity index (χ1v) is 10.1. The number of hydrogen-bond donors (Lipinski definition) is 1. The summed E-state index contributed by atoms with van der Waals surface area (Å²) in [5.41, 5.74) is 10.3. The largest absolute Gasteiger partial charge is 0.383 e. The highest BCUT2D eigenvalue weighted by Gasteiger charge is 2.33. The van der Waals surface area contributed by atoms with E-state index in [1.165, 1.54) is 0 Å². The number of nitrogens with two attached hydrogens (primary N) is 1. The van der Waals surface area contributed by atoms with E-state index < -0.39 is 0 Å². The van der Waals surface area contributed by atoms with E-state index in [4.69, 9.17) is 15.5 Å². The van der Waals surface area contributed by atoms with Gasteiger partial charge in [-0.3, -0.25) is 0 Å². The second kappa shape index (κ2) is 8.24. The first-order valence-electron chi connectivity index (χ1n) is 10.1. The summed E-state index contributed by atoms with van der Waals surface area (Å²) in [5, 5.41) is 9.81. The van der Waals surface area contributed by atoms with Gasteiger partial charge in [0.25, 0.3) is 0 Å². The zero-order valence-corrected chi connectivity index (χ0v) is 17.2. The molecule has 0 bridgehead atoms. The van der Waals surface area contributed by atoms with E-state index in [1.807, 2.05) is 6.92 Å². The average Bonchev–Trinajstić information content (AvgIpc) is 2.68. The number of nitriles is 1. The van der Waals surface area contributed by atoms with Crippen molar-refractivity contribution in [1.29, 1.82) is 5.26 Å². The van der Waals surface area contributed by atoms with Crippen LogP contribution in [-0.4, -0.2) is 27.2 Å². The molecule has 0 saturated carbocycles. The number of rotatable bonds is 5. The molecule has 148 valence electrons. The van der Waals surface area contributed by atoms with E-state index in [0.29, 0.717) is 12.2 Å². The summed E-state index contributed by atoms with van der Waals surface area (Å²) in [4.78, 5) is 13.6. The van der Waals surface area contributed by atoms with Crippen molar-refractivity contribution < 1.29 is 4.74 Å². The molecule has 2 aromatic heterocycles. The SMILES string of the molecule is CCCc1c([C@@H]2CCOC(C)(C)C2)nc(N)c(C#N)c1-c1cnc(CC)nc1. The van der Waals surface area contributed by atoms with Gasteiger partial charge in [0.05, 0.1) is 5.60 Å². The summed E-state index contributed by atoms with van der Waals surface area (Å²) >= 11 is 0. The molecule has 3 heterocycles. The minimum absolute atomic E-state index is 0.192. The fraction of sp³-hybridized carbons (Fsp3) is 0.545. The van der Waals surface area contributed by atoms with E-state index in [0.717, 1.165) is 60.3 Å². The summed E-state index contributed by atoms with van der Waals surface area (Å²) in [6, 6.07) is 2.27. The fourth-order valence-corrected chi connectivity index (χ4v) is 4.06.